The maximum atomic E-state index is 13.4. The van der Waals surface area contributed by atoms with E-state index in [9.17, 15) is 14.0 Å². The van der Waals surface area contributed by atoms with E-state index in [1.807, 2.05) is 20.8 Å². The van der Waals surface area contributed by atoms with Crippen LogP contribution < -0.4 is 5.32 Å². The normalized spacial score (nSPS) is 20.6. The molecule has 1 N–H and O–H groups in total. The van der Waals surface area contributed by atoms with Crippen molar-refractivity contribution in [2.75, 3.05) is 0 Å². The molecule has 1 saturated carbocycles. The fourth-order valence-electron chi connectivity index (χ4n) is 1.53. The van der Waals surface area contributed by atoms with Gasteiger partial charge in [0, 0.05) is 0 Å². The number of rotatable bonds is 3. The second-order valence-electron chi connectivity index (χ2n) is 5.35. The highest BCUT2D eigenvalue weighted by Gasteiger charge is 2.52. The van der Waals surface area contributed by atoms with Crippen molar-refractivity contribution >= 4 is 11.7 Å². The van der Waals surface area contributed by atoms with Crippen LogP contribution in [-0.4, -0.2) is 23.4 Å². The molecule has 1 aliphatic rings. The Labute approximate surface area is 89.4 Å². The van der Waals surface area contributed by atoms with Gasteiger partial charge in [0.2, 0.25) is 0 Å². The quantitative estimate of drug-likeness (QED) is 0.777. The highest BCUT2D eigenvalue weighted by atomic mass is 19.1. The molecule has 0 aromatic rings. The van der Waals surface area contributed by atoms with Gasteiger partial charge in [-0.1, -0.05) is 20.8 Å². The fourth-order valence-corrected chi connectivity index (χ4v) is 1.53. The van der Waals surface area contributed by atoms with Gasteiger partial charge in [-0.25, -0.2) is 4.39 Å². The van der Waals surface area contributed by atoms with Crippen molar-refractivity contribution in [3.05, 3.63) is 0 Å². The van der Waals surface area contributed by atoms with Crippen LogP contribution in [0.15, 0.2) is 0 Å². The molecule has 1 rings (SSSR count). The maximum absolute atomic E-state index is 13.4. The van der Waals surface area contributed by atoms with Gasteiger partial charge in [0.25, 0.3) is 5.91 Å². The first-order valence-corrected chi connectivity index (χ1v) is 5.17. The Morgan fingerprint density at radius 3 is 2.07 bits per heavy atom. The molecule has 0 aromatic heterocycles. The van der Waals surface area contributed by atoms with Crippen molar-refractivity contribution in [2.45, 2.75) is 52.2 Å². The van der Waals surface area contributed by atoms with Gasteiger partial charge in [-0.15, -0.1) is 0 Å². The first-order chi connectivity index (χ1) is 6.67. The Kier molecular flexibility index (Phi) is 2.90. The molecular formula is C11H18FNO2. The molecule has 0 aromatic carbocycles. The summed E-state index contributed by atoms with van der Waals surface area (Å²) in [4.78, 5) is 22.8. The summed E-state index contributed by atoms with van der Waals surface area (Å²) in [6.45, 7) is 6.94. The first-order valence-electron chi connectivity index (χ1n) is 5.17. The SMILES string of the molecule is CC(=O)C(NC(=O)C1(F)CC1)C(C)(C)C. The van der Waals surface area contributed by atoms with Crippen LogP contribution in [-0.2, 0) is 9.59 Å². The van der Waals surface area contributed by atoms with E-state index in [1.165, 1.54) is 6.92 Å². The van der Waals surface area contributed by atoms with Crippen molar-refractivity contribution in [3.8, 4) is 0 Å². The van der Waals surface area contributed by atoms with Gasteiger partial charge in [0.1, 0.15) is 0 Å². The third-order valence-electron chi connectivity index (χ3n) is 2.64. The molecule has 1 aliphatic carbocycles. The molecule has 1 amide bonds. The number of ketones is 1. The molecule has 1 atom stereocenters. The smallest absolute Gasteiger partial charge is 0.258 e. The molecule has 1 fully saturated rings. The van der Waals surface area contributed by atoms with Gasteiger partial charge in [-0.05, 0) is 25.2 Å². The summed E-state index contributed by atoms with van der Waals surface area (Å²) in [5.74, 6) is -0.780. The average molecular weight is 215 g/mol. The molecular weight excluding hydrogens is 197 g/mol. The van der Waals surface area contributed by atoms with E-state index in [2.05, 4.69) is 5.32 Å². The zero-order chi connectivity index (χ0) is 11.9. The number of halogens is 1. The summed E-state index contributed by atoms with van der Waals surface area (Å²) < 4.78 is 13.4. The molecule has 0 aliphatic heterocycles. The molecule has 4 heteroatoms. The number of hydrogen-bond donors (Lipinski definition) is 1. The van der Waals surface area contributed by atoms with Crippen LogP contribution in [0.4, 0.5) is 4.39 Å². The largest absolute Gasteiger partial charge is 0.343 e. The molecule has 0 saturated heterocycles. The highest BCUT2D eigenvalue weighted by molar-refractivity contribution is 5.93. The number of Topliss-reactive ketones (excluding diaryl/α,β-unsaturated/α-hetero) is 1. The number of carbonyl (C=O) groups is 2. The second-order valence-corrected chi connectivity index (χ2v) is 5.35. The van der Waals surface area contributed by atoms with E-state index in [0.29, 0.717) is 0 Å². The third kappa shape index (κ3) is 2.76. The molecule has 1 unspecified atom stereocenters. The highest BCUT2D eigenvalue weighted by Crippen LogP contribution is 2.40. The van der Waals surface area contributed by atoms with Crippen molar-refractivity contribution in [1.82, 2.24) is 5.32 Å². The fraction of sp³-hybridized carbons (Fsp3) is 0.818. The number of amides is 1. The Morgan fingerprint density at radius 1 is 1.33 bits per heavy atom. The number of carbonyl (C=O) groups excluding carboxylic acids is 2. The number of hydrogen-bond acceptors (Lipinski definition) is 2. The number of alkyl halides is 1. The van der Waals surface area contributed by atoms with Gasteiger partial charge in [-0.2, -0.15) is 0 Å². The van der Waals surface area contributed by atoms with Crippen molar-refractivity contribution in [1.29, 1.82) is 0 Å². The van der Waals surface area contributed by atoms with Crippen molar-refractivity contribution < 1.29 is 14.0 Å². The van der Waals surface area contributed by atoms with Gasteiger partial charge in [-0.3, -0.25) is 9.59 Å². The van der Waals surface area contributed by atoms with Gasteiger partial charge in [0.05, 0.1) is 6.04 Å². The molecule has 0 heterocycles. The minimum Gasteiger partial charge on any atom is -0.343 e. The first kappa shape index (κ1) is 12.1. The monoisotopic (exact) mass is 215 g/mol. The predicted molar refractivity (Wildman–Crippen MR) is 55.1 cm³/mol. The molecule has 0 bridgehead atoms. The van der Waals surface area contributed by atoms with E-state index in [4.69, 9.17) is 0 Å². The van der Waals surface area contributed by atoms with Crippen LogP contribution in [0.1, 0.15) is 40.5 Å². The van der Waals surface area contributed by atoms with E-state index in [1.54, 1.807) is 0 Å². The zero-order valence-corrected chi connectivity index (χ0v) is 9.69. The van der Waals surface area contributed by atoms with Crippen LogP contribution in [0.2, 0.25) is 0 Å². The standard InChI is InChI=1S/C11H18FNO2/c1-7(14)8(10(2,3)4)13-9(15)11(12)5-6-11/h8H,5-6H2,1-4H3,(H,13,15). The molecule has 0 spiro atoms. The van der Waals surface area contributed by atoms with Crippen LogP contribution in [0.3, 0.4) is 0 Å². The summed E-state index contributed by atoms with van der Waals surface area (Å²) in [7, 11) is 0. The minimum atomic E-state index is -1.71. The maximum Gasteiger partial charge on any atom is 0.258 e. The van der Waals surface area contributed by atoms with Crippen molar-refractivity contribution in [2.24, 2.45) is 5.41 Å². The van der Waals surface area contributed by atoms with E-state index < -0.39 is 17.6 Å². The Bertz CT molecular complexity index is 289. The van der Waals surface area contributed by atoms with Crippen LogP contribution in [0.5, 0.6) is 0 Å². The summed E-state index contributed by atoms with van der Waals surface area (Å²) in [6, 6.07) is -0.613. The third-order valence-corrected chi connectivity index (χ3v) is 2.64. The molecule has 86 valence electrons. The van der Waals surface area contributed by atoms with E-state index in [-0.39, 0.29) is 24.0 Å². The zero-order valence-electron chi connectivity index (χ0n) is 9.69. The summed E-state index contributed by atoms with van der Waals surface area (Å²) in [6.07, 6.45) is 0.543. The van der Waals surface area contributed by atoms with Crippen LogP contribution >= 0.6 is 0 Å². The summed E-state index contributed by atoms with van der Waals surface area (Å²) in [5, 5.41) is 2.50. The lowest BCUT2D eigenvalue weighted by molar-refractivity contribution is -0.133. The predicted octanol–water partition coefficient (Wildman–Crippen LogP) is 1.61. The van der Waals surface area contributed by atoms with Gasteiger partial charge < -0.3 is 5.32 Å². The summed E-state index contributed by atoms with van der Waals surface area (Å²) >= 11 is 0. The lowest BCUT2D eigenvalue weighted by Gasteiger charge is -2.29. The number of nitrogens with one attached hydrogen (secondary N) is 1. The molecule has 0 radical (unpaired) electrons. The Balaban J connectivity index is 2.68. The van der Waals surface area contributed by atoms with Crippen molar-refractivity contribution in [3.63, 3.8) is 0 Å². The van der Waals surface area contributed by atoms with Gasteiger partial charge >= 0.3 is 0 Å². The Hall–Kier alpha value is -0.930. The topological polar surface area (TPSA) is 46.2 Å². The minimum absolute atomic E-state index is 0.139. The van der Waals surface area contributed by atoms with E-state index in [0.717, 1.165) is 0 Å². The second kappa shape index (κ2) is 3.58. The van der Waals surface area contributed by atoms with Crippen LogP contribution in [0, 0.1) is 5.41 Å². The lowest BCUT2D eigenvalue weighted by atomic mass is 9.84. The Morgan fingerprint density at radius 2 is 1.80 bits per heavy atom. The van der Waals surface area contributed by atoms with Gasteiger partial charge in [0.15, 0.2) is 11.5 Å². The lowest BCUT2D eigenvalue weighted by Crippen LogP contribution is -2.51. The molecule has 3 nitrogen and oxygen atoms in total. The average Bonchev–Trinajstić information content (AvgIpc) is 2.77. The molecule has 15 heavy (non-hydrogen) atoms. The summed E-state index contributed by atoms with van der Waals surface area (Å²) in [5.41, 5.74) is -2.09. The van der Waals surface area contributed by atoms with E-state index >= 15 is 0 Å². The van der Waals surface area contributed by atoms with Crippen LogP contribution in [0.25, 0.3) is 0 Å².